The molecule has 1 amide bonds. The molecule has 0 aromatic carbocycles. The molecule has 0 aliphatic carbocycles. The molecule has 1 atom stereocenters. The number of carbonyl (C=O) groups excluding carboxylic acids is 1. The second-order valence-corrected chi connectivity index (χ2v) is 4.32. The van der Waals surface area contributed by atoms with Gasteiger partial charge in [-0.05, 0) is 19.8 Å². The van der Waals surface area contributed by atoms with Gasteiger partial charge in [0.1, 0.15) is 6.04 Å². The zero-order chi connectivity index (χ0) is 13.1. The maximum absolute atomic E-state index is 11.9. The first-order valence-electron chi connectivity index (χ1n) is 5.89. The first-order valence-corrected chi connectivity index (χ1v) is 5.89. The van der Waals surface area contributed by atoms with E-state index in [2.05, 4.69) is 10.1 Å². The van der Waals surface area contributed by atoms with Crippen LogP contribution in [0.4, 0.5) is 0 Å². The van der Waals surface area contributed by atoms with Gasteiger partial charge in [0.2, 0.25) is 11.8 Å². The topological polar surface area (TPSA) is 96.5 Å². The summed E-state index contributed by atoms with van der Waals surface area (Å²) in [5.74, 6) is -0.167. The van der Waals surface area contributed by atoms with Crippen LogP contribution in [0.15, 0.2) is 4.52 Å². The summed E-state index contributed by atoms with van der Waals surface area (Å²) < 4.78 is 4.90. The van der Waals surface area contributed by atoms with Crippen molar-refractivity contribution in [3.05, 3.63) is 11.7 Å². The minimum atomic E-state index is -0.936. The van der Waals surface area contributed by atoms with Crippen LogP contribution in [0.1, 0.15) is 31.0 Å². The summed E-state index contributed by atoms with van der Waals surface area (Å²) in [6, 6.07) is -0.679. The van der Waals surface area contributed by atoms with Crippen molar-refractivity contribution in [3.63, 3.8) is 0 Å². The zero-order valence-electron chi connectivity index (χ0n) is 10.1. The van der Waals surface area contributed by atoms with Crippen molar-refractivity contribution < 1.29 is 19.2 Å². The summed E-state index contributed by atoms with van der Waals surface area (Å²) in [7, 11) is 0. The number of carboxylic acid groups (broad SMARTS) is 1. The third kappa shape index (κ3) is 2.66. The third-order valence-electron chi connectivity index (χ3n) is 2.98. The molecule has 1 aromatic heterocycles. The number of hydrogen-bond donors (Lipinski definition) is 1. The average Bonchev–Trinajstić information content (AvgIpc) is 2.94. The number of aryl methyl sites for hydroxylation is 2. The zero-order valence-corrected chi connectivity index (χ0v) is 10.1. The molecule has 7 heteroatoms. The maximum atomic E-state index is 11.9. The summed E-state index contributed by atoms with van der Waals surface area (Å²) in [5.41, 5.74) is 0. The van der Waals surface area contributed by atoms with Crippen molar-refractivity contribution in [2.45, 2.75) is 38.6 Å². The van der Waals surface area contributed by atoms with E-state index in [1.54, 1.807) is 6.92 Å². The molecule has 0 radical (unpaired) electrons. The Morgan fingerprint density at radius 2 is 2.33 bits per heavy atom. The largest absolute Gasteiger partial charge is 0.480 e. The maximum Gasteiger partial charge on any atom is 0.326 e. The number of carboxylic acids is 1. The molecule has 1 aliphatic heterocycles. The Morgan fingerprint density at radius 3 is 2.94 bits per heavy atom. The molecule has 1 saturated heterocycles. The van der Waals surface area contributed by atoms with E-state index in [-0.39, 0.29) is 12.3 Å². The van der Waals surface area contributed by atoms with Crippen molar-refractivity contribution in [1.82, 2.24) is 15.0 Å². The highest BCUT2D eigenvalue weighted by Crippen LogP contribution is 2.18. The Balaban J connectivity index is 1.89. The number of likely N-dealkylation sites (tertiary alicyclic amines) is 1. The lowest BCUT2D eigenvalue weighted by Gasteiger charge is -2.20. The quantitative estimate of drug-likeness (QED) is 0.833. The fraction of sp³-hybridized carbons (Fsp3) is 0.636. The number of nitrogens with zero attached hydrogens (tertiary/aromatic N) is 3. The Bertz CT molecular complexity index is 457. The van der Waals surface area contributed by atoms with Crippen molar-refractivity contribution >= 4 is 11.9 Å². The van der Waals surface area contributed by atoms with E-state index in [4.69, 9.17) is 9.63 Å². The van der Waals surface area contributed by atoms with E-state index >= 15 is 0 Å². The van der Waals surface area contributed by atoms with E-state index < -0.39 is 12.0 Å². The first kappa shape index (κ1) is 12.5. The summed E-state index contributed by atoms with van der Waals surface area (Å²) in [4.78, 5) is 28.3. The van der Waals surface area contributed by atoms with Gasteiger partial charge in [0.05, 0.1) is 0 Å². The molecule has 2 heterocycles. The smallest absolute Gasteiger partial charge is 0.326 e. The van der Waals surface area contributed by atoms with Crippen molar-refractivity contribution in [2.75, 3.05) is 6.54 Å². The molecule has 0 saturated carbocycles. The van der Waals surface area contributed by atoms with Crippen LogP contribution in [0.5, 0.6) is 0 Å². The van der Waals surface area contributed by atoms with Gasteiger partial charge < -0.3 is 14.5 Å². The van der Waals surface area contributed by atoms with Gasteiger partial charge in [-0.3, -0.25) is 4.79 Å². The summed E-state index contributed by atoms with van der Waals surface area (Å²) in [6.07, 6.45) is 1.82. The molecule has 18 heavy (non-hydrogen) atoms. The van der Waals surface area contributed by atoms with Crippen molar-refractivity contribution in [2.24, 2.45) is 0 Å². The standard InChI is InChI=1S/C11H15N3O4/c1-7-12-9(18-13-7)4-5-10(15)14-6-2-3-8(14)11(16)17/h8H,2-6H2,1H3,(H,16,17)/t8-/m1/s1. The molecule has 0 spiro atoms. The summed E-state index contributed by atoms with van der Waals surface area (Å²) in [5, 5.41) is 12.6. The van der Waals surface area contributed by atoms with Gasteiger partial charge in [-0.15, -0.1) is 0 Å². The summed E-state index contributed by atoms with van der Waals surface area (Å²) in [6.45, 7) is 2.22. The van der Waals surface area contributed by atoms with Gasteiger partial charge in [-0.25, -0.2) is 4.79 Å². The average molecular weight is 253 g/mol. The van der Waals surface area contributed by atoms with Gasteiger partial charge in [0, 0.05) is 19.4 Å². The fourth-order valence-corrected chi connectivity index (χ4v) is 2.12. The molecule has 98 valence electrons. The lowest BCUT2D eigenvalue weighted by atomic mass is 10.2. The van der Waals surface area contributed by atoms with Crippen molar-refractivity contribution in [1.29, 1.82) is 0 Å². The number of hydrogen-bond acceptors (Lipinski definition) is 5. The molecule has 0 bridgehead atoms. The van der Waals surface area contributed by atoms with E-state index in [0.29, 0.717) is 31.1 Å². The fourth-order valence-electron chi connectivity index (χ4n) is 2.12. The lowest BCUT2D eigenvalue weighted by molar-refractivity contribution is -0.148. The Morgan fingerprint density at radius 1 is 1.56 bits per heavy atom. The van der Waals surface area contributed by atoms with Gasteiger partial charge in [-0.1, -0.05) is 5.16 Å². The predicted octanol–water partition coefficient (Wildman–Crippen LogP) is 0.386. The Labute approximate surface area is 104 Å². The van der Waals surface area contributed by atoms with Gasteiger partial charge in [0.25, 0.3) is 0 Å². The number of amides is 1. The molecule has 1 fully saturated rings. The molecular formula is C11H15N3O4. The van der Waals surface area contributed by atoms with E-state index in [1.807, 2.05) is 0 Å². The van der Waals surface area contributed by atoms with Crippen LogP contribution in [0.25, 0.3) is 0 Å². The monoisotopic (exact) mass is 253 g/mol. The molecule has 1 N–H and O–H groups in total. The minimum absolute atomic E-state index is 0.171. The van der Waals surface area contributed by atoms with Crippen LogP contribution < -0.4 is 0 Å². The highest BCUT2D eigenvalue weighted by atomic mass is 16.5. The third-order valence-corrected chi connectivity index (χ3v) is 2.98. The first-order chi connectivity index (χ1) is 8.58. The molecule has 1 aliphatic rings. The lowest BCUT2D eigenvalue weighted by Crippen LogP contribution is -2.40. The van der Waals surface area contributed by atoms with Gasteiger partial charge in [0.15, 0.2) is 5.82 Å². The normalized spacial score (nSPS) is 19.2. The van der Waals surface area contributed by atoms with Crippen molar-refractivity contribution in [3.8, 4) is 0 Å². The van der Waals surface area contributed by atoms with Crippen LogP contribution in [-0.2, 0) is 16.0 Å². The second kappa shape index (κ2) is 5.16. The van der Waals surface area contributed by atoms with Crippen LogP contribution in [0, 0.1) is 6.92 Å². The molecule has 7 nitrogen and oxygen atoms in total. The second-order valence-electron chi connectivity index (χ2n) is 4.32. The highest BCUT2D eigenvalue weighted by molar-refractivity contribution is 5.84. The minimum Gasteiger partial charge on any atom is -0.480 e. The SMILES string of the molecule is Cc1noc(CCC(=O)N2CCC[C@@H]2C(=O)O)n1. The van der Waals surface area contributed by atoms with E-state index in [1.165, 1.54) is 4.90 Å². The number of rotatable bonds is 4. The van der Waals surface area contributed by atoms with Crippen LogP contribution in [-0.4, -0.2) is 44.6 Å². The molecule has 2 rings (SSSR count). The van der Waals surface area contributed by atoms with Crippen LogP contribution in [0.3, 0.4) is 0 Å². The Kier molecular flexibility index (Phi) is 3.59. The van der Waals surface area contributed by atoms with Gasteiger partial charge in [-0.2, -0.15) is 4.98 Å². The summed E-state index contributed by atoms with van der Waals surface area (Å²) >= 11 is 0. The Hall–Kier alpha value is -1.92. The van der Waals surface area contributed by atoms with Crippen LogP contribution in [0.2, 0.25) is 0 Å². The van der Waals surface area contributed by atoms with E-state index in [0.717, 1.165) is 6.42 Å². The predicted molar refractivity (Wildman–Crippen MR) is 59.7 cm³/mol. The number of aromatic nitrogens is 2. The van der Waals surface area contributed by atoms with Gasteiger partial charge >= 0.3 is 5.97 Å². The molecule has 1 aromatic rings. The highest BCUT2D eigenvalue weighted by Gasteiger charge is 2.33. The molecule has 0 unspecified atom stereocenters. The van der Waals surface area contributed by atoms with Crippen LogP contribution >= 0.6 is 0 Å². The molecular weight excluding hydrogens is 238 g/mol. The number of carbonyl (C=O) groups is 2. The number of aliphatic carboxylic acids is 1. The van der Waals surface area contributed by atoms with E-state index in [9.17, 15) is 9.59 Å².